The highest BCUT2D eigenvalue weighted by Crippen LogP contribution is 2.40. The number of H-pyrrole nitrogens is 2. The maximum absolute atomic E-state index is 8.63. The van der Waals surface area contributed by atoms with E-state index in [2.05, 4.69) is 98.3 Å². The lowest BCUT2D eigenvalue weighted by Gasteiger charge is -2.39. The minimum atomic E-state index is -4.92. The van der Waals surface area contributed by atoms with Gasteiger partial charge in [0, 0.05) is 21.5 Å². The van der Waals surface area contributed by atoms with Crippen LogP contribution in [-0.2, 0) is 10.4 Å². The van der Waals surface area contributed by atoms with Crippen LogP contribution < -0.4 is 0 Å². The Labute approximate surface area is 295 Å². The summed E-state index contributed by atoms with van der Waals surface area (Å²) in [6, 6.07) is 24.9. The van der Waals surface area contributed by atoms with Gasteiger partial charge >= 0.3 is 0 Å². The monoisotopic (exact) mass is 697 g/mol. The first kappa shape index (κ1) is 37.2. The highest BCUT2D eigenvalue weighted by atomic mass is 32.3. The van der Waals surface area contributed by atoms with E-state index in [0.717, 1.165) is 65.7 Å². The average Bonchev–Trinajstić information content (AvgIpc) is 3.70. The lowest BCUT2D eigenvalue weighted by molar-refractivity contribution is -0.929. The Bertz CT molecular complexity index is 2120. The summed E-state index contributed by atoms with van der Waals surface area (Å²) < 4.78 is 34.3. The predicted molar refractivity (Wildman–Crippen MR) is 207 cm³/mol. The van der Waals surface area contributed by atoms with Gasteiger partial charge in [-0.05, 0) is 49.9 Å². The molecule has 0 aliphatic rings. The fraction of sp³-hybridized carbons (Fsp3) is 0.400. The van der Waals surface area contributed by atoms with Crippen molar-refractivity contribution in [1.29, 1.82) is 0 Å². The van der Waals surface area contributed by atoms with Crippen molar-refractivity contribution in [1.82, 2.24) is 19.9 Å². The fourth-order valence-corrected chi connectivity index (χ4v) is 7.14. The molecule has 266 valence electrons. The van der Waals surface area contributed by atoms with E-state index in [0.29, 0.717) is 0 Å². The Kier molecular flexibility index (Phi) is 12.4. The normalized spacial score (nSPS) is 12.1. The van der Waals surface area contributed by atoms with Crippen molar-refractivity contribution in [3.8, 4) is 0 Å². The SMILES string of the molecule is CCCC[N+](CCCC)(CCCC)CCCC.O=S(=O)([O-])O.c1ccc2c(c1)nc1c3nc4ccccc4c3c3[nH]c4ccccc4[nH]c3c21. The fourth-order valence-electron chi connectivity index (χ4n) is 7.14. The molecule has 9 nitrogen and oxygen atoms in total. The number of unbranched alkanes of at least 4 members (excludes halogenated alkanes) is 4. The van der Waals surface area contributed by atoms with Crippen LogP contribution in [-0.4, -0.2) is 68.1 Å². The van der Waals surface area contributed by atoms with E-state index < -0.39 is 10.4 Å². The minimum absolute atomic E-state index is 0.958. The Morgan fingerprint density at radius 2 is 0.920 bits per heavy atom. The van der Waals surface area contributed by atoms with Crippen LogP contribution in [0.4, 0.5) is 0 Å². The topological polar surface area (TPSA) is 135 Å². The Morgan fingerprint density at radius 3 is 1.26 bits per heavy atom. The van der Waals surface area contributed by atoms with Gasteiger partial charge in [-0.2, -0.15) is 0 Å². The first-order chi connectivity index (χ1) is 24.1. The zero-order chi connectivity index (χ0) is 35.7. The predicted octanol–water partition coefficient (Wildman–Crippen LogP) is 10.1. The molecule has 3 N–H and O–H groups in total. The smallest absolute Gasteiger partial charge is 0.215 e. The lowest BCUT2D eigenvalue weighted by Crippen LogP contribution is -2.50. The molecule has 0 aliphatic carbocycles. The van der Waals surface area contributed by atoms with Gasteiger partial charge in [0.1, 0.15) is 11.0 Å². The standard InChI is InChI=1S/C24H14N4.C16H36N.H2O4S/c1-3-9-15-13(7-1)19-21(25-15)22-20(14-8-2-4-10-16(14)26-22)24-23(19)27-17-11-5-6-12-18(17)28-24;1-5-9-13-17(14-10-6-2,15-11-7-3)16-12-8-4;1-5(2,3)4/h1-12,27-28H;5-16H2,1-4H3;(H2,1,2,3,4)/q;+1;/p-1. The third-order valence-corrected chi connectivity index (χ3v) is 9.65. The molecule has 0 spiro atoms. The van der Waals surface area contributed by atoms with E-state index in [1.165, 1.54) is 82.0 Å². The van der Waals surface area contributed by atoms with Gasteiger partial charge in [0.25, 0.3) is 0 Å². The summed E-state index contributed by atoms with van der Waals surface area (Å²) in [6.45, 7) is 15.0. The Balaban J connectivity index is 0.000000191. The molecule has 0 radical (unpaired) electrons. The van der Waals surface area contributed by atoms with Crippen LogP contribution in [0, 0.1) is 0 Å². The van der Waals surface area contributed by atoms with Crippen molar-refractivity contribution >= 4 is 76.1 Å². The molecule has 0 saturated carbocycles. The van der Waals surface area contributed by atoms with E-state index in [1.807, 2.05) is 12.1 Å². The van der Waals surface area contributed by atoms with Crippen molar-refractivity contribution in [3.05, 3.63) is 72.8 Å². The number of benzene rings is 4. The summed E-state index contributed by atoms with van der Waals surface area (Å²) in [6.07, 6.45) is 11.1. The number of aromatic nitrogens is 4. The Hall–Kier alpha value is -4.09. The molecule has 50 heavy (non-hydrogen) atoms. The van der Waals surface area contributed by atoms with Gasteiger partial charge in [0.2, 0.25) is 10.4 Å². The molecule has 7 aromatic rings. The molecular weight excluding hydrogens is 647 g/mol. The summed E-state index contributed by atoms with van der Waals surface area (Å²) in [7, 11) is -4.92. The van der Waals surface area contributed by atoms with Gasteiger partial charge in [0.15, 0.2) is 0 Å². The first-order valence-electron chi connectivity index (χ1n) is 18.2. The maximum Gasteiger partial charge on any atom is 0.215 e. The van der Waals surface area contributed by atoms with E-state index in [1.54, 1.807) is 0 Å². The largest absolute Gasteiger partial charge is 0.726 e. The zero-order valence-corrected chi connectivity index (χ0v) is 30.7. The van der Waals surface area contributed by atoms with E-state index in [9.17, 15) is 0 Å². The van der Waals surface area contributed by atoms with Gasteiger partial charge in [-0.15, -0.1) is 0 Å². The van der Waals surface area contributed by atoms with Crippen molar-refractivity contribution in [2.24, 2.45) is 0 Å². The van der Waals surface area contributed by atoms with Gasteiger partial charge in [0.05, 0.1) is 59.3 Å². The summed E-state index contributed by atoms with van der Waals surface area (Å²) in [4.78, 5) is 17.3. The molecule has 0 unspecified atom stereocenters. The zero-order valence-electron chi connectivity index (χ0n) is 29.8. The highest BCUT2D eigenvalue weighted by molar-refractivity contribution is 7.79. The molecule has 0 amide bonds. The molecule has 7 rings (SSSR count). The van der Waals surface area contributed by atoms with E-state index >= 15 is 0 Å². The molecule has 10 heteroatoms. The van der Waals surface area contributed by atoms with Crippen LogP contribution in [0.25, 0.3) is 65.7 Å². The van der Waals surface area contributed by atoms with E-state index in [4.69, 9.17) is 27.5 Å². The summed E-state index contributed by atoms with van der Waals surface area (Å²) in [5.74, 6) is 0. The van der Waals surface area contributed by atoms with Crippen LogP contribution in [0.1, 0.15) is 79.1 Å². The number of hydrogen-bond donors (Lipinski definition) is 3. The van der Waals surface area contributed by atoms with E-state index in [-0.39, 0.29) is 0 Å². The number of para-hydroxylation sites is 4. The maximum atomic E-state index is 8.63. The number of rotatable bonds is 12. The quantitative estimate of drug-likeness (QED) is 0.0503. The highest BCUT2D eigenvalue weighted by Gasteiger charge is 2.25. The molecular formula is C40H51N5O4S. The molecule has 3 heterocycles. The van der Waals surface area contributed by atoms with Crippen LogP contribution in [0.3, 0.4) is 0 Å². The summed E-state index contributed by atoms with van der Waals surface area (Å²) >= 11 is 0. The molecule has 0 aliphatic heterocycles. The van der Waals surface area contributed by atoms with Gasteiger partial charge in [-0.25, -0.2) is 18.4 Å². The number of aromatic amines is 2. The van der Waals surface area contributed by atoms with Crippen molar-refractivity contribution < 1.29 is 22.0 Å². The molecule has 4 aromatic carbocycles. The molecule has 0 atom stereocenters. The number of fused-ring (bicyclic) bond motifs is 11. The van der Waals surface area contributed by atoms with Crippen molar-refractivity contribution in [2.75, 3.05) is 26.2 Å². The average molecular weight is 698 g/mol. The Morgan fingerprint density at radius 1 is 0.600 bits per heavy atom. The minimum Gasteiger partial charge on any atom is -0.726 e. The van der Waals surface area contributed by atoms with Crippen LogP contribution in [0.15, 0.2) is 72.8 Å². The number of nitrogens with one attached hydrogen (secondary N) is 2. The van der Waals surface area contributed by atoms with Crippen LogP contribution in [0.5, 0.6) is 0 Å². The third-order valence-electron chi connectivity index (χ3n) is 9.65. The van der Waals surface area contributed by atoms with Gasteiger partial charge in [-0.1, -0.05) is 102 Å². The number of nitrogens with zero attached hydrogens (tertiary/aromatic N) is 3. The lowest BCUT2D eigenvalue weighted by atomic mass is 10.0. The molecule has 0 saturated heterocycles. The third kappa shape index (κ3) is 8.61. The van der Waals surface area contributed by atoms with Crippen molar-refractivity contribution in [3.63, 3.8) is 0 Å². The van der Waals surface area contributed by atoms with Crippen LogP contribution in [0.2, 0.25) is 0 Å². The second-order valence-electron chi connectivity index (χ2n) is 13.3. The summed E-state index contributed by atoms with van der Waals surface area (Å²) in [5, 5.41) is 4.55. The summed E-state index contributed by atoms with van der Waals surface area (Å²) in [5.41, 5.74) is 8.22. The van der Waals surface area contributed by atoms with Gasteiger partial charge in [-0.3, -0.25) is 4.55 Å². The second-order valence-corrected chi connectivity index (χ2v) is 14.2. The molecule has 3 aromatic heterocycles. The van der Waals surface area contributed by atoms with Crippen LogP contribution >= 0.6 is 0 Å². The number of hydrogen-bond acceptors (Lipinski definition) is 5. The van der Waals surface area contributed by atoms with Crippen molar-refractivity contribution in [2.45, 2.75) is 79.1 Å². The molecule has 0 bridgehead atoms. The first-order valence-corrected chi connectivity index (χ1v) is 19.5. The number of quaternary nitrogens is 1. The van der Waals surface area contributed by atoms with Gasteiger partial charge < -0.3 is 19.0 Å². The second kappa shape index (κ2) is 16.7. The molecule has 0 fully saturated rings.